The largest absolute Gasteiger partial charge is 0.380 e. The molecule has 4 unspecified atom stereocenters. The zero-order valence-electron chi connectivity index (χ0n) is 11.6. The quantitative estimate of drug-likeness (QED) is 0.763. The minimum atomic E-state index is 0.421. The minimum absolute atomic E-state index is 0.421. The lowest BCUT2D eigenvalue weighted by Gasteiger charge is -2.23. The molecule has 0 bridgehead atoms. The molecule has 0 saturated carbocycles. The molecule has 0 spiro atoms. The molecular weight excluding hydrogens is 214 g/mol. The molecule has 1 N–H and O–H groups in total. The van der Waals surface area contributed by atoms with Gasteiger partial charge in [0.2, 0.25) is 0 Å². The van der Waals surface area contributed by atoms with Gasteiger partial charge in [-0.2, -0.15) is 0 Å². The van der Waals surface area contributed by atoms with Crippen LogP contribution in [0, 0.1) is 5.92 Å². The van der Waals surface area contributed by atoms with Gasteiger partial charge in [-0.05, 0) is 26.4 Å². The Bertz CT molecular complexity index is 247. The Kier molecular flexibility index (Phi) is 4.42. The smallest absolute Gasteiger partial charge is 0.0711 e. The summed E-state index contributed by atoms with van der Waals surface area (Å²) >= 11 is 0. The van der Waals surface area contributed by atoms with Crippen molar-refractivity contribution in [1.29, 1.82) is 0 Å². The number of ether oxygens (including phenoxy) is 1. The SMILES string of the molecule is COC1CNC(CN2CC(C)C(N(C)C)C2)C1. The highest BCUT2D eigenvalue weighted by Gasteiger charge is 2.33. The Morgan fingerprint density at radius 1 is 1.35 bits per heavy atom. The fourth-order valence-corrected chi connectivity index (χ4v) is 3.28. The van der Waals surface area contributed by atoms with Gasteiger partial charge < -0.3 is 15.0 Å². The number of likely N-dealkylation sites (N-methyl/N-ethyl adjacent to an activating group) is 1. The average molecular weight is 241 g/mol. The average Bonchev–Trinajstić information content (AvgIpc) is 2.85. The molecular formula is C13H27N3O. The first-order chi connectivity index (χ1) is 8.10. The molecule has 2 fully saturated rings. The Morgan fingerprint density at radius 3 is 2.65 bits per heavy atom. The topological polar surface area (TPSA) is 27.7 Å². The predicted molar refractivity (Wildman–Crippen MR) is 70.3 cm³/mol. The molecule has 4 heteroatoms. The van der Waals surface area contributed by atoms with Gasteiger partial charge in [-0.3, -0.25) is 4.90 Å². The van der Waals surface area contributed by atoms with Crippen molar-refractivity contribution in [2.75, 3.05) is 47.4 Å². The Morgan fingerprint density at radius 2 is 2.12 bits per heavy atom. The summed E-state index contributed by atoms with van der Waals surface area (Å²) in [4.78, 5) is 4.97. The normalized spacial score (nSPS) is 39.4. The third kappa shape index (κ3) is 3.19. The minimum Gasteiger partial charge on any atom is -0.380 e. The highest BCUT2D eigenvalue weighted by molar-refractivity contribution is 4.91. The maximum Gasteiger partial charge on any atom is 0.0711 e. The molecule has 17 heavy (non-hydrogen) atoms. The van der Waals surface area contributed by atoms with Crippen LogP contribution in [0.1, 0.15) is 13.3 Å². The van der Waals surface area contributed by atoms with E-state index in [0.717, 1.165) is 24.9 Å². The third-order valence-electron chi connectivity index (χ3n) is 4.31. The van der Waals surface area contributed by atoms with Crippen molar-refractivity contribution >= 4 is 0 Å². The fourth-order valence-electron chi connectivity index (χ4n) is 3.28. The molecule has 0 amide bonds. The van der Waals surface area contributed by atoms with Crippen LogP contribution in [0.4, 0.5) is 0 Å². The lowest BCUT2D eigenvalue weighted by Crippen LogP contribution is -2.38. The van der Waals surface area contributed by atoms with E-state index in [4.69, 9.17) is 4.74 Å². The van der Waals surface area contributed by atoms with Crippen LogP contribution < -0.4 is 5.32 Å². The predicted octanol–water partition coefficient (Wildman–Crippen LogP) is 0.245. The summed E-state index contributed by atoms with van der Waals surface area (Å²) in [5.74, 6) is 0.782. The van der Waals surface area contributed by atoms with E-state index in [-0.39, 0.29) is 0 Å². The maximum atomic E-state index is 5.40. The molecule has 100 valence electrons. The van der Waals surface area contributed by atoms with Crippen molar-refractivity contribution in [2.24, 2.45) is 5.92 Å². The molecule has 0 aliphatic carbocycles. The fraction of sp³-hybridized carbons (Fsp3) is 1.00. The molecule has 2 aliphatic heterocycles. The monoisotopic (exact) mass is 241 g/mol. The van der Waals surface area contributed by atoms with Gasteiger partial charge in [0.1, 0.15) is 0 Å². The van der Waals surface area contributed by atoms with Gasteiger partial charge in [0, 0.05) is 45.4 Å². The van der Waals surface area contributed by atoms with Gasteiger partial charge >= 0.3 is 0 Å². The molecule has 4 atom stereocenters. The van der Waals surface area contributed by atoms with Crippen LogP contribution in [0.3, 0.4) is 0 Å². The molecule has 0 radical (unpaired) electrons. The molecule has 0 aromatic rings. The van der Waals surface area contributed by atoms with Gasteiger partial charge in [-0.1, -0.05) is 6.92 Å². The number of nitrogens with zero attached hydrogens (tertiary/aromatic N) is 2. The molecule has 4 nitrogen and oxygen atoms in total. The molecule has 2 aliphatic rings. The van der Waals surface area contributed by atoms with Crippen molar-refractivity contribution in [3.63, 3.8) is 0 Å². The lowest BCUT2D eigenvalue weighted by molar-refractivity contribution is 0.116. The van der Waals surface area contributed by atoms with E-state index in [0.29, 0.717) is 12.1 Å². The lowest BCUT2D eigenvalue weighted by atomic mass is 10.1. The first-order valence-corrected chi connectivity index (χ1v) is 6.75. The van der Waals surface area contributed by atoms with E-state index < -0.39 is 0 Å². The van der Waals surface area contributed by atoms with E-state index in [1.165, 1.54) is 19.6 Å². The van der Waals surface area contributed by atoms with E-state index in [1.807, 2.05) is 7.11 Å². The van der Waals surface area contributed by atoms with Gasteiger partial charge in [-0.25, -0.2) is 0 Å². The summed E-state index contributed by atoms with van der Waals surface area (Å²) in [7, 11) is 6.20. The highest BCUT2D eigenvalue weighted by Crippen LogP contribution is 2.21. The van der Waals surface area contributed by atoms with Gasteiger partial charge in [0.25, 0.3) is 0 Å². The first-order valence-electron chi connectivity index (χ1n) is 6.75. The van der Waals surface area contributed by atoms with E-state index >= 15 is 0 Å². The molecule has 2 heterocycles. The summed E-state index contributed by atoms with van der Waals surface area (Å²) in [6, 6.07) is 1.34. The molecule has 2 rings (SSSR count). The first kappa shape index (κ1) is 13.3. The van der Waals surface area contributed by atoms with Crippen molar-refractivity contribution in [3.8, 4) is 0 Å². The van der Waals surface area contributed by atoms with Crippen molar-refractivity contribution in [1.82, 2.24) is 15.1 Å². The van der Waals surface area contributed by atoms with E-state index in [1.54, 1.807) is 0 Å². The Hall–Kier alpha value is -0.160. The second-order valence-electron chi connectivity index (χ2n) is 5.93. The van der Waals surface area contributed by atoms with Crippen LogP contribution >= 0.6 is 0 Å². The second-order valence-corrected chi connectivity index (χ2v) is 5.93. The van der Waals surface area contributed by atoms with Crippen molar-refractivity contribution in [2.45, 2.75) is 31.5 Å². The number of nitrogens with one attached hydrogen (secondary N) is 1. The number of hydrogen-bond donors (Lipinski definition) is 1. The van der Waals surface area contributed by atoms with Crippen molar-refractivity contribution in [3.05, 3.63) is 0 Å². The van der Waals surface area contributed by atoms with E-state index in [2.05, 4.69) is 36.1 Å². The molecule has 0 aromatic carbocycles. The number of rotatable bonds is 4. The second kappa shape index (κ2) is 5.65. The summed E-state index contributed by atoms with van der Waals surface area (Å²) in [6.07, 6.45) is 1.58. The summed E-state index contributed by atoms with van der Waals surface area (Å²) in [6.45, 7) is 7.00. The van der Waals surface area contributed by atoms with Crippen LogP contribution in [0.2, 0.25) is 0 Å². The van der Waals surface area contributed by atoms with Crippen LogP contribution in [-0.4, -0.2) is 75.4 Å². The standard InChI is InChI=1S/C13H27N3O/c1-10-7-16(9-13(10)15(2)3)8-11-5-12(17-4)6-14-11/h10-14H,5-9H2,1-4H3. The number of hydrogen-bond acceptors (Lipinski definition) is 4. The Labute approximate surface area is 105 Å². The van der Waals surface area contributed by atoms with Crippen molar-refractivity contribution < 1.29 is 4.74 Å². The molecule has 0 aromatic heterocycles. The van der Waals surface area contributed by atoms with Gasteiger partial charge in [0.05, 0.1) is 6.10 Å². The zero-order valence-corrected chi connectivity index (χ0v) is 11.6. The van der Waals surface area contributed by atoms with Crippen LogP contribution in [-0.2, 0) is 4.74 Å². The molecule has 2 saturated heterocycles. The Balaban J connectivity index is 1.78. The highest BCUT2D eigenvalue weighted by atomic mass is 16.5. The van der Waals surface area contributed by atoms with Gasteiger partial charge in [0.15, 0.2) is 0 Å². The van der Waals surface area contributed by atoms with Crippen LogP contribution in [0.5, 0.6) is 0 Å². The summed E-state index contributed by atoms with van der Waals surface area (Å²) in [5, 5.41) is 3.56. The number of methoxy groups -OCH3 is 1. The van der Waals surface area contributed by atoms with Gasteiger partial charge in [-0.15, -0.1) is 0 Å². The summed E-state index contributed by atoms with van der Waals surface area (Å²) < 4.78 is 5.40. The third-order valence-corrected chi connectivity index (χ3v) is 4.31. The summed E-state index contributed by atoms with van der Waals surface area (Å²) in [5.41, 5.74) is 0. The number of likely N-dealkylation sites (tertiary alicyclic amines) is 1. The van der Waals surface area contributed by atoms with Crippen LogP contribution in [0.15, 0.2) is 0 Å². The van der Waals surface area contributed by atoms with E-state index in [9.17, 15) is 0 Å². The maximum absolute atomic E-state index is 5.40. The van der Waals surface area contributed by atoms with Crippen LogP contribution in [0.25, 0.3) is 0 Å². The zero-order chi connectivity index (χ0) is 12.4.